The van der Waals surface area contributed by atoms with Gasteiger partial charge in [0.2, 0.25) is 5.91 Å². The molecule has 3 atom stereocenters. The summed E-state index contributed by atoms with van der Waals surface area (Å²) in [5.41, 5.74) is 0. The Bertz CT molecular complexity index is 1200. The molecule has 376 valence electrons. The van der Waals surface area contributed by atoms with E-state index < -0.39 is 20.0 Å². The molecule has 0 aliphatic carbocycles. The number of nitrogens with zero attached hydrogens (tertiary/aromatic N) is 1. The van der Waals surface area contributed by atoms with Crippen LogP contribution >= 0.6 is 7.82 Å². The number of hydrogen-bond donors (Lipinski definition) is 2. The highest BCUT2D eigenvalue weighted by molar-refractivity contribution is 7.47. The molecule has 64 heavy (non-hydrogen) atoms. The van der Waals surface area contributed by atoms with E-state index in [2.05, 4.69) is 44.3 Å². The van der Waals surface area contributed by atoms with Crippen LogP contribution in [0.25, 0.3) is 0 Å². The first-order valence-electron chi connectivity index (χ1n) is 26.8. The van der Waals surface area contributed by atoms with Crippen LogP contribution in [0.5, 0.6) is 0 Å². The number of amides is 1. The van der Waals surface area contributed by atoms with Gasteiger partial charge < -0.3 is 19.4 Å². The lowest BCUT2D eigenvalue weighted by Gasteiger charge is -2.27. The number of ether oxygens (including phenoxy) is 1. The van der Waals surface area contributed by atoms with Crippen LogP contribution in [0, 0.1) is 0 Å². The molecule has 0 aliphatic heterocycles. The summed E-state index contributed by atoms with van der Waals surface area (Å²) in [5, 5.41) is 3.02. The summed E-state index contributed by atoms with van der Waals surface area (Å²) in [6, 6.07) is -0.864. The third-order valence-corrected chi connectivity index (χ3v) is 12.8. The zero-order chi connectivity index (χ0) is 47.3. The second-order valence-corrected chi connectivity index (χ2v) is 20.9. The van der Waals surface area contributed by atoms with Crippen molar-refractivity contribution < 1.29 is 37.3 Å². The Morgan fingerprint density at radius 2 is 0.969 bits per heavy atom. The van der Waals surface area contributed by atoms with E-state index in [1.54, 1.807) is 0 Å². The number of rotatable bonds is 48. The average Bonchev–Trinajstić information content (AvgIpc) is 3.25. The number of unbranched alkanes of at least 4 members (excludes halogenated alkanes) is 28. The minimum Gasteiger partial charge on any atom is -0.456 e. The normalized spacial score (nSPS) is 14.2. The Kier molecular flexibility index (Phi) is 43.8. The number of likely N-dealkylation sites (N-methyl/N-ethyl adjacent to an activating group) is 1. The number of quaternary nitrogens is 1. The van der Waals surface area contributed by atoms with Crippen LogP contribution in [-0.4, -0.2) is 74.3 Å². The van der Waals surface area contributed by atoms with Crippen molar-refractivity contribution in [2.45, 2.75) is 258 Å². The average molecular weight is 924 g/mol. The highest BCUT2D eigenvalue weighted by atomic mass is 31.2. The Labute approximate surface area is 396 Å². The van der Waals surface area contributed by atoms with Crippen molar-refractivity contribution in [3.8, 4) is 0 Å². The van der Waals surface area contributed by atoms with Crippen molar-refractivity contribution in [3.63, 3.8) is 0 Å². The van der Waals surface area contributed by atoms with Crippen molar-refractivity contribution >= 4 is 19.7 Å². The van der Waals surface area contributed by atoms with Gasteiger partial charge in [0.25, 0.3) is 0 Å². The maximum atomic E-state index is 13.4. The zero-order valence-electron chi connectivity index (χ0n) is 42.8. The first-order valence-corrected chi connectivity index (χ1v) is 28.3. The van der Waals surface area contributed by atoms with Crippen LogP contribution in [0.4, 0.5) is 0 Å². The van der Waals surface area contributed by atoms with Gasteiger partial charge in [-0.1, -0.05) is 218 Å². The topological polar surface area (TPSA) is 111 Å². The molecule has 0 aromatic carbocycles. The molecule has 2 N–H and O–H groups in total. The molecular formula is C54H104N2O7P+. The number of carbonyl (C=O) groups is 2. The predicted octanol–water partition coefficient (Wildman–Crippen LogP) is 15.6. The van der Waals surface area contributed by atoms with Crippen molar-refractivity contribution in [2.24, 2.45) is 0 Å². The first-order chi connectivity index (χ1) is 30.9. The molecule has 3 unspecified atom stereocenters. The Hall–Kier alpha value is -1.77. The van der Waals surface area contributed by atoms with Crippen LogP contribution in [0.1, 0.15) is 245 Å². The number of hydrogen-bond acceptors (Lipinski definition) is 6. The van der Waals surface area contributed by atoms with Gasteiger partial charge in [0.1, 0.15) is 19.3 Å². The highest BCUT2D eigenvalue weighted by Crippen LogP contribution is 2.43. The summed E-state index contributed by atoms with van der Waals surface area (Å²) >= 11 is 0. The Morgan fingerprint density at radius 3 is 1.44 bits per heavy atom. The molecule has 0 radical (unpaired) electrons. The van der Waals surface area contributed by atoms with Crippen molar-refractivity contribution in [1.82, 2.24) is 5.32 Å². The van der Waals surface area contributed by atoms with Gasteiger partial charge in [0, 0.05) is 12.8 Å². The van der Waals surface area contributed by atoms with Crippen molar-refractivity contribution in [3.05, 3.63) is 36.5 Å². The fraction of sp³-hybridized carbons (Fsp3) is 0.852. The van der Waals surface area contributed by atoms with Crippen LogP contribution in [-0.2, 0) is 27.9 Å². The second kappa shape index (κ2) is 45.0. The van der Waals surface area contributed by atoms with Crippen LogP contribution < -0.4 is 5.32 Å². The molecule has 0 spiro atoms. The lowest BCUT2D eigenvalue weighted by molar-refractivity contribution is -0.870. The van der Waals surface area contributed by atoms with E-state index in [-0.39, 0.29) is 31.5 Å². The van der Waals surface area contributed by atoms with Crippen LogP contribution in [0.3, 0.4) is 0 Å². The molecule has 0 aromatic rings. The monoisotopic (exact) mass is 924 g/mol. The van der Waals surface area contributed by atoms with Gasteiger partial charge in [-0.3, -0.25) is 18.6 Å². The van der Waals surface area contributed by atoms with Crippen molar-refractivity contribution in [1.29, 1.82) is 0 Å². The van der Waals surface area contributed by atoms with E-state index in [9.17, 15) is 19.0 Å². The molecule has 0 saturated heterocycles. The van der Waals surface area contributed by atoms with Crippen LogP contribution in [0.15, 0.2) is 36.5 Å². The summed E-state index contributed by atoms with van der Waals surface area (Å²) < 4.78 is 30.4. The van der Waals surface area contributed by atoms with Gasteiger partial charge in [-0.05, 0) is 51.0 Å². The molecule has 0 fully saturated rings. The summed E-state index contributed by atoms with van der Waals surface area (Å²) in [7, 11) is 1.48. The van der Waals surface area contributed by atoms with Crippen LogP contribution in [0.2, 0.25) is 0 Å². The lowest BCUT2D eigenvalue weighted by Crippen LogP contribution is -2.47. The molecule has 0 bridgehead atoms. The van der Waals surface area contributed by atoms with Gasteiger partial charge in [-0.15, -0.1) is 0 Å². The third kappa shape index (κ3) is 45.4. The van der Waals surface area contributed by atoms with E-state index in [1.807, 2.05) is 39.4 Å². The zero-order valence-corrected chi connectivity index (χ0v) is 43.7. The quantitative estimate of drug-likeness (QED) is 0.0206. The summed E-state index contributed by atoms with van der Waals surface area (Å²) in [4.78, 5) is 37.4. The molecule has 1 amide bonds. The molecule has 0 saturated carbocycles. The largest absolute Gasteiger partial charge is 0.472 e. The van der Waals surface area contributed by atoms with Crippen molar-refractivity contribution in [2.75, 3.05) is 40.9 Å². The summed E-state index contributed by atoms with van der Waals surface area (Å²) in [6.45, 7) is 6.96. The Morgan fingerprint density at radius 1 is 0.547 bits per heavy atom. The number of esters is 1. The molecule has 9 nitrogen and oxygen atoms in total. The highest BCUT2D eigenvalue weighted by Gasteiger charge is 2.30. The lowest BCUT2D eigenvalue weighted by atomic mass is 10.0. The fourth-order valence-corrected chi connectivity index (χ4v) is 8.38. The minimum atomic E-state index is -4.44. The molecular weight excluding hydrogens is 820 g/mol. The van der Waals surface area contributed by atoms with E-state index in [0.717, 1.165) is 51.4 Å². The molecule has 10 heteroatoms. The van der Waals surface area contributed by atoms with E-state index >= 15 is 0 Å². The SMILES string of the molecule is CCCCCCCC/C=C\C/C=C/CCC(=O)OC(/C=C/CCCCCCCCCCCC)C(COP(=O)(O)OCC[N+](C)(C)C)NC(=O)CCCCCCCCCCCCCCC. The van der Waals surface area contributed by atoms with Gasteiger partial charge in [0.15, 0.2) is 0 Å². The van der Waals surface area contributed by atoms with Gasteiger partial charge in [-0.2, -0.15) is 0 Å². The van der Waals surface area contributed by atoms with E-state index in [4.69, 9.17) is 13.8 Å². The molecule has 0 heterocycles. The second-order valence-electron chi connectivity index (χ2n) is 19.4. The standard InChI is InChI=1S/C54H103N2O7P/c1-7-10-13-16-19-22-25-28-31-34-37-40-43-46-53(57)55-51(50-62-64(59,60)61-49-48-56(4,5)6)52(45-42-39-36-33-30-27-24-21-18-15-12-9-3)63-54(58)47-44-41-38-35-32-29-26-23-20-17-14-11-8-2/h29,32,38,41-42,45,51-52H,7-28,30-31,33-37,39-40,43-44,46-50H2,1-6H3,(H-,55,57,59,60)/p+1/b32-29-,41-38+,45-42+. The van der Waals surface area contributed by atoms with Gasteiger partial charge >= 0.3 is 13.8 Å². The number of nitrogens with one attached hydrogen (secondary N) is 1. The molecule has 0 aromatic heterocycles. The minimum absolute atomic E-state index is 0.0347. The van der Waals surface area contributed by atoms with E-state index in [0.29, 0.717) is 23.9 Å². The fourth-order valence-electron chi connectivity index (χ4n) is 7.64. The third-order valence-electron chi connectivity index (χ3n) is 11.8. The Balaban J connectivity index is 5.48. The molecule has 0 rings (SSSR count). The summed E-state index contributed by atoms with van der Waals surface area (Å²) in [6.07, 6.45) is 51.5. The maximum Gasteiger partial charge on any atom is 0.472 e. The summed E-state index contributed by atoms with van der Waals surface area (Å²) in [5.74, 6) is -0.578. The maximum absolute atomic E-state index is 13.4. The first kappa shape index (κ1) is 62.2. The number of phosphoric ester groups is 1. The number of carbonyl (C=O) groups excluding carboxylic acids is 2. The number of phosphoric acid groups is 1. The number of allylic oxidation sites excluding steroid dienone is 5. The van der Waals surface area contributed by atoms with Gasteiger partial charge in [0.05, 0.1) is 33.8 Å². The van der Waals surface area contributed by atoms with E-state index in [1.165, 1.54) is 154 Å². The smallest absolute Gasteiger partial charge is 0.456 e. The molecule has 0 aliphatic rings. The predicted molar refractivity (Wildman–Crippen MR) is 272 cm³/mol. The van der Waals surface area contributed by atoms with Gasteiger partial charge in [-0.25, -0.2) is 4.57 Å².